The molecular weight excluding hydrogens is 282 g/mol. The van der Waals surface area contributed by atoms with Crippen molar-refractivity contribution in [3.05, 3.63) is 35.4 Å². The minimum Gasteiger partial charge on any atom is -0.353 e. The van der Waals surface area contributed by atoms with Crippen LogP contribution in [0.1, 0.15) is 11.1 Å². The molecule has 5 heteroatoms. The number of nitrogens with zero attached hydrogens (tertiary/aromatic N) is 1. The maximum absolute atomic E-state index is 12.3. The molecule has 0 bridgehead atoms. The van der Waals surface area contributed by atoms with E-state index in [1.807, 2.05) is 17.8 Å². The lowest BCUT2D eigenvalue weighted by Gasteiger charge is -2.28. The summed E-state index contributed by atoms with van der Waals surface area (Å²) in [6, 6.07) is 8.27. The van der Waals surface area contributed by atoms with Crippen molar-refractivity contribution >= 4 is 17.7 Å². The van der Waals surface area contributed by atoms with E-state index in [9.17, 15) is 4.79 Å². The van der Waals surface area contributed by atoms with Crippen LogP contribution in [-0.4, -0.2) is 54.5 Å². The summed E-state index contributed by atoms with van der Waals surface area (Å²) in [4.78, 5) is 14.7. The zero-order valence-corrected chi connectivity index (χ0v) is 13.1. The van der Waals surface area contributed by atoms with E-state index in [1.165, 1.54) is 22.6 Å². The third-order valence-corrected chi connectivity index (χ3v) is 5.17. The van der Waals surface area contributed by atoms with Gasteiger partial charge in [-0.2, -0.15) is 11.8 Å². The van der Waals surface area contributed by atoms with Crippen molar-refractivity contribution in [1.29, 1.82) is 0 Å². The molecule has 2 aliphatic rings. The Morgan fingerprint density at radius 1 is 1.29 bits per heavy atom. The van der Waals surface area contributed by atoms with Gasteiger partial charge in [0, 0.05) is 44.2 Å². The Kier molecular flexibility index (Phi) is 5.17. The average Bonchev–Trinajstić information content (AvgIpc) is 2.55. The van der Waals surface area contributed by atoms with Gasteiger partial charge in [0.1, 0.15) is 0 Å². The lowest BCUT2D eigenvalue weighted by atomic mass is 9.95. The van der Waals surface area contributed by atoms with Crippen molar-refractivity contribution < 1.29 is 4.79 Å². The lowest BCUT2D eigenvalue weighted by Crippen LogP contribution is -2.49. The highest BCUT2D eigenvalue weighted by Crippen LogP contribution is 2.16. The van der Waals surface area contributed by atoms with Gasteiger partial charge in [0.25, 0.3) is 0 Å². The fourth-order valence-corrected chi connectivity index (χ4v) is 3.90. The first-order valence-corrected chi connectivity index (χ1v) is 8.86. The molecule has 1 amide bonds. The predicted molar refractivity (Wildman–Crippen MR) is 87.5 cm³/mol. The Hall–Kier alpha value is -1.04. The molecule has 1 saturated heterocycles. The fourth-order valence-electron chi connectivity index (χ4n) is 2.92. The lowest BCUT2D eigenvalue weighted by molar-refractivity contribution is -0.123. The first-order valence-electron chi connectivity index (χ1n) is 7.71. The third-order valence-electron chi connectivity index (χ3n) is 4.23. The van der Waals surface area contributed by atoms with Crippen LogP contribution >= 0.6 is 11.8 Å². The Balaban J connectivity index is 1.44. The normalized spacial score (nSPS) is 22.6. The molecule has 0 aromatic heterocycles. The van der Waals surface area contributed by atoms with E-state index in [1.54, 1.807) is 0 Å². The number of benzene rings is 1. The van der Waals surface area contributed by atoms with Crippen LogP contribution in [0.15, 0.2) is 24.3 Å². The maximum atomic E-state index is 12.3. The van der Waals surface area contributed by atoms with E-state index in [4.69, 9.17) is 0 Å². The summed E-state index contributed by atoms with van der Waals surface area (Å²) >= 11 is 2.02. The van der Waals surface area contributed by atoms with Gasteiger partial charge in [0.2, 0.25) is 5.91 Å². The van der Waals surface area contributed by atoms with Gasteiger partial charge in [-0.3, -0.25) is 9.69 Å². The van der Waals surface area contributed by atoms with Crippen LogP contribution in [-0.2, 0) is 17.8 Å². The Bertz CT molecular complexity index is 488. The summed E-state index contributed by atoms with van der Waals surface area (Å²) in [5, 5.41) is 6.42. The van der Waals surface area contributed by atoms with Gasteiger partial charge < -0.3 is 10.6 Å². The molecule has 21 heavy (non-hydrogen) atoms. The SMILES string of the molecule is O=C(NCCN1CCSCC1)[C@@H]1Cc2ccccc2CN1. The van der Waals surface area contributed by atoms with Gasteiger partial charge in [-0.15, -0.1) is 0 Å². The number of carbonyl (C=O) groups excluding carboxylic acids is 1. The molecule has 2 heterocycles. The number of carbonyl (C=O) groups is 1. The summed E-state index contributed by atoms with van der Waals surface area (Å²) in [5.74, 6) is 2.57. The molecule has 0 unspecified atom stereocenters. The Morgan fingerprint density at radius 2 is 2.05 bits per heavy atom. The molecule has 0 saturated carbocycles. The van der Waals surface area contributed by atoms with Crippen LogP contribution in [0.4, 0.5) is 0 Å². The maximum Gasteiger partial charge on any atom is 0.237 e. The second kappa shape index (κ2) is 7.29. The van der Waals surface area contributed by atoms with E-state index in [0.29, 0.717) is 0 Å². The number of hydrogen-bond donors (Lipinski definition) is 2. The van der Waals surface area contributed by atoms with E-state index >= 15 is 0 Å². The standard InChI is InChI=1S/C16H23N3OS/c20-16(17-5-6-19-7-9-21-10-8-19)15-11-13-3-1-2-4-14(13)12-18-15/h1-4,15,18H,5-12H2,(H,17,20)/t15-/m0/s1. The highest BCUT2D eigenvalue weighted by Gasteiger charge is 2.23. The average molecular weight is 305 g/mol. The van der Waals surface area contributed by atoms with Crippen LogP contribution in [0, 0.1) is 0 Å². The molecule has 1 aromatic rings. The summed E-state index contributed by atoms with van der Waals surface area (Å²) in [6.07, 6.45) is 0.794. The largest absolute Gasteiger partial charge is 0.353 e. The van der Waals surface area contributed by atoms with Gasteiger partial charge >= 0.3 is 0 Å². The van der Waals surface area contributed by atoms with Gasteiger partial charge in [-0.1, -0.05) is 24.3 Å². The van der Waals surface area contributed by atoms with Gasteiger partial charge in [0.15, 0.2) is 0 Å². The van der Waals surface area contributed by atoms with Crippen molar-refractivity contribution in [1.82, 2.24) is 15.5 Å². The first-order chi connectivity index (χ1) is 10.3. The molecule has 2 N–H and O–H groups in total. The fraction of sp³-hybridized carbons (Fsp3) is 0.562. The second-order valence-electron chi connectivity index (χ2n) is 5.65. The van der Waals surface area contributed by atoms with Crippen LogP contribution in [0.3, 0.4) is 0 Å². The minimum absolute atomic E-state index is 0.0863. The molecule has 0 spiro atoms. The molecule has 3 rings (SSSR count). The topological polar surface area (TPSA) is 44.4 Å². The van der Waals surface area contributed by atoms with E-state index in [-0.39, 0.29) is 11.9 Å². The Morgan fingerprint density at radius 3 is 2.86 bits per heavy atom. The number of hydrogen-bond acceptors (Lipinski definition) is 4. The van der Waals surface area contributed by atoms with Crippen molar-refractivity contribution in [2.45, 2.75) is 19.0 Å². The predicted octanol–water partition coefficient (Wildman–Crippen LogP) is 0.866. The number of nitrogens with one attached hydrogen (secondary N) is 2. The number of thioether (sulfide) groups is 1. The summed E-state index contributed by atoms with van der Waals surface area (Å²) in [6.45, 7) is 4.81. The summed E-state index contributed by atoms with van der Waals surface area (Å²) in [5.41, 5.74) is 2.61. The van der Waals surface area contributed by atoms with Crippen LogP contribution < -0.4 is 10.6 Å². The number of rotatable bonds is 4. The molecule has 4 nitrogen and oxygen atoms in total. The van der Waals surface area contributed by atoms with Crippen molar-refractivity contribution in [3.63, 3.8) is 0 Å². The summed E-state index contributed by atoms with van der Waals surface area (Å²) < 4.78 is 0. The molecule has 0 aliphatic carbocycles. The van der Waals surface area contributed by atoms with Crippen LogP contribution in [0.25, 0.3) is 0 Å². The smallest absolute Gasteiger partial charge is 0.237 e. The van der Waals surface area contributed by atoms with Crippen LogP contribution in [0.5, 0.6) is 0 Å². The molecule has 114 valence electrons. The number of amides is 1. The van der Waals surface area contributed by atoms with E-state index < -0.39 is 0 Å². The molecule has 1 atom stereocenters. The molecular formula is C16H23N3OS. The molecule has 1 fully saturated rings. The Labute approximate surface area is 130 Å². The van der Waals surface area contributed by atoms with Crippen molar-refractivity contribution in [3.8, 4) is 0 Å². The highest BCUT2D eigenvalue weighted by molar-refractivity contribution is 7.99. The van der Waals surface area contributed by atoms with Crippen molar-refractivity contribution in [2.75, 3.05) is 37.7 Å². The minimum atomic E-state index is -0.0863. The van der Waals surface area contributed by atoms with E-state index in [2.05, 4.69) is 33.7 Å². The monoisotopic (exact) mass is 305 g/mol. The zero-order valence-electron chi connectivity index (χ0n) is 12.3. The second-order valence-corrected chi connectivity index (χ2v) is 6.88. The molecule has 2 aliphatic heterocycles. The first kappa shape index (κ1) is 14.9. The van der Waals surface area contributed by atoms with Crippen molar-refractivity contribution in [2.24, 2.45) is 0 Å². The quantitative estimate of drug-likeness (QED) is 0.866. The zero-order chi connectivity index (χ0) is 14.5. The summed E-state index contributed by atoms with van der Waals surface area (Å²) in [7, 11) is 0. The van der Waals surface area contributed by atoms with Gasteiger partial charge in [-0.05, 0) is 17.5 Å². The molecule has 1 aromatic carbocycles. The number of fused-ring (bicyclic) bond motifs is 1. The van der Waals surface area contributed by atoms with Crippen LogP contribution in [0.2, 0.25) is 0 Å². The van der Waals surface area contributed by atoms with E-state index in [0.717, 1.165) is 39.1 Å². The molecule has 0 radical (unpaired) electrons. The van der Waals surface area contributed by atoms with Gasteiger partial charge in [-0.25, -0.2) is 0 Å². The highest BCUT2D eigenvalue weighted by atomic mass is 32.2. The third kappa shape index (κ3) is 3.99. The van der Waals surface area contributed by atoms with Gasteiger partial charge in [0.05, 0.1) is 6.04 Å².